The average Bonchev–Trinajstić information content (AvgIpc) is 2.79. The molecule has 2 rings (SSSR count). The van der Waals surface area contributed by atoms with Crippen LogP contribution >= 0.6 is 11.5 Å². The summed E-state index contributed by atoms with van der Waals surface area (Å²) >= 11 is 1.26. The summed E-state index contributed by atoms with van der Waals surface area (Å²) in [6.07, 6.45) is 7.05. The lowest BCUT2D eigenvalue weighted by Gasteiger charge is -2.20. The van der Waals surface area contributed by atoms with E-state index in [1.54, 1.807) is 0 Å². The molecule has 0 amide bonds. The first-order chi connectivity index (χ1) is 8.18. The average molecular weight is 252 g/mol. The van der Waals surface area contributed by atoms with Gasteiger partial charge < -0.3 is 0 Å². The number of carbonyl (C=O) groups excluding carboxylic acids is 1. The molecule has 0 atom stereocenters. The minimum absolute atomic E-state index is 0.260. The first kappa shape index (κ1) is 12.7. The van der Waals surface area contributed by atoms with E-state index in [4.69, 9.17) is 0 Å². The van der Waals surface area contributed by atoms with Gasteiger partial charge in [-0.25, -0.2) is 0 Å². The highest BCUT2D eigenvalue weighted by molar-refractivity contribution is 7.08. The van der Waals surface area contributed by atoms with E-state index in [0.717, 1.165) is 10.6 Å². The summed E-state index contributed by atoms with van der Waals surface area (Å²) in [7, 11) is 0. The molecule has 0 unspecified atom stereocenters. The number of nitrogens with zero attached hydrogens (tertiary/aromatic N) is 2. The maximum absolute atomic E-state index is 12.2. The van der Waals surface area contributed by atoms with E-state index in [1.807, 2.05) is 0 Å². The van der Waals surface area contributed by atoms with E-state index >= 15 is 0 Å². The summed E-state index contributed by atoms with van der Waals surface area (Å²) in [5.41, 5.74) is 0.885. The summed E-state index contributed by atoms with van der Waals surface area (Å²) in [6, 6.07) is 0. The third-order valence-corrected chi connectivity index (χ3v) is 4.29. The van der Waals surface area contributed by atoms with Gasteiger partial charge in [0.25, 0.3) is 0 Å². The highest BCUT2D eigenvalue weighted by atomic mass is 32.1. The standard InChI is InChI=1S/C13H20N2OS/c1-9(2)12-13(17-15-14-12)11(16)8-10-6-4-3-5-7-10/h9-10H,3-8H2,1-2H3. The van der Waals surface area contributed by atoms with E-state index in [0.29, 0.717) is 18.3 Å². The van der Waals surface area contributed by atoms with Gasteiger partial charge in [-0.05, 0) is 23.4 Å². The number of hydrogen-bond acceptors (Lipinski definition) is 4. The van der Waals surface area contributed by atoms with Gasteiger partial charge in [0, 0.05) is 6.42 Å². The molecule has 0 bridgehead atoms. The molecule has 1 heterocycles. The van der Waals surface area contributed by atoms with Gasteiger partial charge in [-0.1, -0.05) is 50.4 Å². The fourth-order valence-corrected chi connectivity index (χ4v) is 3.28. The Labute approximate surface area is 107 Å². The predicted molar refractivity (Wildman–Crippen MR) is 69.5 cm³/mol. The second-order valence-corrected chi connectivity index (χ2v) is 6.03. The highest BCUT2D eigenvalue weighted by Crippen LogP contribution is 2.29. The number of rotatable bonds is 4. The van der Waals surface area contributed by atoms with Gasteiger partial charge in [-0.15, -0.1) is 5.10 Å². The molecule has 0 saturated heterocycles. The number of Topliss-reactive ketones (excluding diaryl/α,β-unsaturated/α-hetero) is 1. The normalized spacial score (nSPS) is 17.6. The minimum atomic E-state index is 0.260. The van der Waals surface area contributed by atoms with Gasteiger partial charge >= 0.3 is 0 Å². The van der Waals surface area contributed by atoms with E-state index < -0.39 is 0 Å². The summed E-state index contributed by atoms with van der Waals surface area (Å²) in [5.74, 6) is 1.15. The largest absolute Gasteiger partial charge is 0.293 e. The molecule has 1 aliphatic carbocycles. The molecule has 4 heteroatoms. The van der Waals surface area contributed by atoms with Crippen molar-refractivity contribution in [3.05, 3.63) is 10.6 Å². The Bertz CT molecular complexity index is 381. The van der Waals surface area contributed by atoms with Crippen LogP contribution in [-0.4, -0.2) is 15.4 Å². The lowest BCUT2D eigenvalue weighted by atomic mass is 9.85. The Morgan fingerprint density at radius 1 is 1.35 bits per heavy atom. The van der Waals surface area contributed by atoms with Crippen molar-refractivity contribution in [1.29, 1.82) is 0 Å². The molecular formula is C13H20N2OS. The van der Waals surface area contributed by atoms with Gasteiger partial charge in [0.15, 0.2) is 5.78 Å². The summed E-state index contributed by atoms with van der Waals surface area (Å²) in [4.78, 5) is 13.0. The third kappa shape index (κ3) is 3.12. The smallest absolute Gasteiger partial charge is 0.176 e. The Hall–Kier alpha value is -0.770. The molecule has 0 radical (unpaired) electrons. The minimum Gasteiger partial charge on any atom is -0.293 e. The van der Waals surface area contributed by atoms with Crippen LogP contribution in [0, 0.1) is 5.92 Å². The molecular weight excluding hydrogens is 232 g/mol. The molecule has 0 N–H and O–H groups in total. The van der Waals surface area contributed by atoms with E-state index in [2.05, 4.69) is 23.4 Å². The zero-order valence-electron chi connectivity index (χ0n) is 10.6. The quantitative estimate of drug-likeness (QED) is 0.765. The van der Waals surface area contributed by atoms with Crippen molar-refractivity contribution in [3.63, 3.8) is 0 Å². The Morgan fingerprint density at radius 2 is 2.06 bits per heavy atom. The predicted octanol–water partition coefficient (Wildman–Crippen LogP) is 3.81. The number of ketones is 1. The molecule has 1 saturated carbocycles. The zero-order chi connectivity index (χ0) is 12.3. The van der Waals surface area contributed by atoms with Crippen LogP contribution in [-0.2, 0) is 0 Å². The molecule has 0 aromatic carbocycles. The molecule has 94 valence electrons. The van der Waals surface area contributed by atoms with Crippen LogP contribution in [0.25, 0.3) is 0 Å². The van der Waals surface area contributed by atoms with Gasteiger partial charge in [-0.3, -0.25) is 4.79 Å². The summed E-state index contributed by atoms with van der Waals surface area (Å²) < 4.78 is 3.93. The van der Waals surface area contributed by atoms with E-state index in [9.17, 15) is 4.79 Å². The van der Waals surface area contributed by atoms with Crippen LogP contribution in [0.4, 0.5) is 0 Å². The fourth-order valence-electron chi connectivity index (χ4n) is 2.51. The third-order valence-electron chi connectivity index (χ3n) is 3.51. The van der Waals surface area contributed by atoms with Crippen molar-refractivity contribution in [1.82, 2.24) is 9.59 Å². The highest BCUT2D eigenvalue weighted by Gasteiger charge is 2.23. The fraction of sp³-hybridized carbons (Fsp3) is 0.769. The molecule has 1 aromatic heterocycles. The van der Waals surface area contributed by atoms with Gasteiger partial charge in [0.2, 0.25) is 0 Å². The Kier molecular flexibility index (Phi) is 4.26. The van der Waals surface area contributed by atoms with Crippen molar-refractivity contribution < 1.29 is 4.79 Å². The lowest BCUT2D eigenvalue weighted by molar-refractivity contribution is 0.0953. The van der Waals surface area contributed by atoms with E-state index in [-0.39, 0.29) is 5.78 Å². The van der Waals surface area contributed by atoms with Crippen LogP contribution < -0.4 is 0 Å². The molecule has 0 spiro atoms. The summed E-state index contributed by atoms with van der Waals surface area (Å²) in [6.45, 7) is 4.13. The van der Waals surface area contributed by atoms with Crippen molar-refractivity contribution in [2.75, 3.05) is 0 Å². The van der Waals surface area contributed by atoms with Gasteiger partial charge in [0.05, 0.1) is 5.69 Å². The zero-order valence-corrected chi connectivity index (χ0v) is 11.4. The van der Waals surface area contributed by atoms with Gasteiger partial charge in [-0.2, -0.15) is 0 Å². The molecule has 1 fully saturated rings. The monoisotopic (exact) mass is 252 g/mol. The van der Waals surface area contributed by atoms with Crippen molar-refractivity contribution in [2.45, 2.75) is 58.3 Å². The van der Waals surface area contributed by atoms with Crippen molar-refractivity contribution >= 4 is 17.3 Å². The molecule has 3 nitrogen and oxygen atoms in total. The Balaban J connectivity index is 2.01. The molecule has 1 aromatic rings. The molecule has 0 aliphatic heterocycles. The maximum atomic E-state index is 12.2. The SMILES string of the molecule is CC(C)c1nnsc1C(=O)CC1CCCCC1. The number of hydrogen-bond donors (Lipinski definition) is 0. The van der Waals surface area contributed by atoms with Crippen molar-refractivity contribution in [2.24, 2.45) is 5.92 Å². The van der Waals surface area contributed by atoms with Crippen molar-refractivity contribution in [3.8, 4) is 0 Å². The number of carbonyl (C=O) groups is 1. The van der Waals surface area contributed by atoms with E-state index in [1.165, 1.54) is 43.6 Å². The topological polar surface area (TPSA) is 42.9 Å². The maximum Gasteiger partial charge on any atom is 0.176 e. The van der Waals surface area contributed by atoms with Crippen LogP contribution in [0.2, 0.25) is 0 Å². The summed E-state index contributed by atoms with van der Waals surface area (Å²) in [5, 5.41) is 4.08. The van der Waals surface area contributed by atoms with Gasteiger partial charge in [0.1, 0.15) is 4.88 Å². The Morgan fingerprint density at radius 3 is 2.71 bits per heavy atom. The first-order valence-corrected chi connectivity index (χ1v) is 7.31. The van der Waals surface area contributed by atoms with Crippen LogP contribution in [0.5, 0.6) is 0 Å². The van der Waals surface area contributed by atoms with Crippen LogP contribution in [0.3, 0.4) is 0 Å². The first-order valence-electron chi connectivity index (χ1n) is 6.54. The van der Waals surface area contributed by atoms with Crippen LogP contribution in [0.1, 0.15) is 73.7 Å². The van der Waals surface area contributed by atoms with Crippen LogP contribution in [0.15, 0.2) is 0 Å². The molecule has 1 aliphatic rings. The second-order valence-electron chi connectivity index (χ2n) is 5.27. The second kappa shape index (κ2) is 5.71. The molecule has 17 heavy (non-hydrogen) atoms. The number of aromatic nitrogens is 2. The lowest BCUT2D eigenvalue weighted by Crippen LogP contribution is -2.12.